The highest BCUT2D eigenvalue weighted by atomic mass is 79.9. The number of halogens is 1. The van der Waals surface area contributed by atoms with Gasteiger partial charge in [-0.1, -0.05) is 34.1 Å². The number of hydrogen-bond donors (Lipinski definition) is 2. The Morgan fingerprint density at radius 1 is 1.44 bits per heavy atom. The number of rotatable bonds is 4. The van der Waals surface area contributed by atoms with Gasteiger partial charge in [0.1, 0.15) is 0 Å². The van der Waals surface area contributed by atoms with E-state index in [1.165, 1.54) is 0 Å². The number of carbonyl (C=O) groups excluding carboxylic acids is 1. The van der Waals surface area contributed by atoms with Crippen LogP contribution >= 0.6 is 15.9 Å². The van der Waals surface area contributed by atoms with Crippen LogP contribution in [0.25, 0.3) is 0 Å². The smallest absolute Gasteiger partial charge is 0.263 e. The van der Waals surface area contributed by atoms with Crippen molar-refractivity contribution in [3.63, 3.8) is 0 Å². The molecule has 1 amide bonds. The Hall–Kier alpha value is -0.910. The molecule has 0 aromatic heterocycles. The number of aliphatic hydroxyl groups excluding tert-OH is 1. The Morgan fingerprint density at radius 3 is 2.72 bits per heavy atom. The molecule has 1 aliphatic heterocycles. The second-order valence-corrected chi connectivity index (χ2v) is 5.37. The van der Waals surface area contributed by atoms with E-state index in [1.54, 1.807) is 24.0 Å². The first-order valence-electron chi connectivity index (χ1n) is 5.88. The number of anilines is 1. The number of hydrogen-bond acceptors (Lipinski definition) is 3. The molecule has 5 heteroatoms. The van der Waals surface area contributed by atoms with Gasteiger partial charge in [-0.2, -0.15) is 0 Å². The molecule has 2 rings (SSSR count). The lowest BCUT2D eigenvalue weighted by Gasteiger charge is -2.24. The Balaban J connectivity index is 2.47. The molecule has 0 aliphatic carbocycles. The van der Waals surface area contributed by atoms with E-state index in [0.717, 1.165) is 5.69 Å². The first-order chi connectivity index (χ1) is 8.50. The maximum absolute atomic E-state index is 12.4. The lowest BCUT2D eigenvalue weighted by Crippen LogP contribution is -2.42. The van der Waals surface area contributed by atoms with Crippen molar-refractivity contribution in [2.24, 2.45) is 0 Å². The van der Waals surface area contributed by atoms with Gasteiger partial charge in [0.05, 0.1) is 11.8 Å². The van der Waals surface area contributed by atoms with Gasteiger partial charge in [0, 0.05) is 23.9 Å². The summed E-state index contributed by atoms with van der Waals surface area (Å²) in [6.07, 6.45) is -0.724. The molecule has 1 aliphatic rings. The van der Waals surface area contributed by atoms with Crippen LogP contribution in [-0.2, 0) is 10.4 Å². The lowest BCUT2D eigenvalue weighted by atomic mass is 9.90. The van der Waals surface area contributed by atoms with E-state index in [0.29, 0.717) is 17.4 Å². The Labute approximate surface area is 114 Å². The van der Waals surface area contributed by atoms with Gasteiger partial charge >= 0.3 is 0 Å². The minimum atomic E-state index is -1.60. The molecule has 0 spiro atoms. The Morgan fingerprint density at radius 2 is 2.11 bits per heavy atom. The molecule has 0 radical (unpaired) electrons. The molecule has 0 fully saturated rings. The molecule has 2 atom stereocenters. The number of amides is 1. The summed E-state index contributed by atoms with van der Waals surface area (Å²) in [5.41, 5.74) is -0.297. The number of benzene rings is 1. The zero-order valence-corrected chi connectivity index (χ0v) is 11.7. The fourth-order valence-corrected chi connectivity index (χ4v) is 2.79. The molecule has 0 bridgehead atoms. The van der Waals surface area contributed by atoms with Gasteiger partial charge in [-0.25, -0.2) is 0 Å². The molecule has 1 aromatic carbocycles. The summed E-state index contributed by atoms with van der Waals surface area (Å²) in [5, 5.41) is 20.7. The summed E-state index contributed by atoms with van der Waals surface area (Å²) in [4.78, 5) is 13.9. The van der Waals surface area contributed by atoms with Crippen LogP contribution < -0.4 is 4.90 Å². The molecule has 2 N–H and O–H groups in total. The van der Waals surface area contributed by atoms with Gasteiger partial charge in [-0.15, -0.1) is 0 Å². The molecule has 0 saturated heterocycles. The van der Waals surface area contributed by atoms with Gasteiger partial charge in [-0.05, 0) is 13.0 Å². The van der Waals surface area contributed by atoms with Gasteiger partial charge in [0.15, 0.2) is 5.60 Å². The van der Waals surface area contributed by atoms with Crippen LogP contribution in [0.15, 0.2) is 24.3 Å². The molecule has 0 saturated carbocycles. The molecule has 98 valence electrons. The zero-order valence-electron chi connectivity index (χ0n) is 10.1. The predicted octanol–water partition coefficient (Wildman–Crippen LogP) is 1.39. The number of para-hydroxylation sites is 1. The minimum Gasteiger partial charge on any atom is -0.393 e. The van der Waals surface area contributed by atoms with Crippen LogP contribution in [0, 0.1) is 0 Å². The normalized spacial score (nSPS) is 24.2. The van der Waals surface area contributed by atoms with Gasteiger partial charge in [0.2, 0.25) is 0 Å². The van der Waals surface area contributed by atoms with E-state index >= 15 is 0 Å². The topological polar surface area (TPSA) is 60.8 Å². The highest BCUT2D eigenvalue weighted by Crippen LogP contribution is 2.42. The monoisotopic (exact) mass is 313 g/mol. The van der Waals surface area contributed by atoms with E-state index in [2.05, 4.69) is 15.9 Å². The number of nitrogens with zero attached hydrogens (tertiary/aromatic N) is 1. The van der Waals surface area contributed by atoms with E-state index in [-0.39, 0.29) is 12.3 Å². The molecule has 1 aromatic rings. The van der Waals surface area contributed by atoms with E-state index < -0.39 is 11.7 Å². The lowest BCUT2D eigenvalue weighted by molar-refractivity contribution is -0.139. The largest absolute Gasteiger partial charge is 0.393 e. The van der Waals surface area contributed by atoms with Crippen LogP contribution in [0.4, 0.5) is 5.69 Å². The number of alkyl halides is 1. The third-order valence-electron chi connectivity index (χ3n) is 3.14. The summed E-state index contributed by atoms with van der Waals surface area (Å²) in [7, 11) is 0. The standard InChI is InChI=1S/C13H16BrNO3/c1-9(16)8-13(18)10-4-2-3-5-11(10)15(7-6-14)12(13)17/h2-5,9,16,18H,6-8H2,1H3/t9-,13+/m0/s1. The van der Waals surface area contributed by atoms with Gasteiger partial charge in [-0.3, -0.25) is 4.79 Å². The average molecular weight is 314 g/mol. The van der Waals surface area contributed by atoms with Crippen molar-refractivity contribution in [3.05, 3.63) is 29.8 Å². The quantitative estimate of drug-likeness (QED) is 0.826. The number of carbonyl (C=O) groups is 1. The second-order valence-electron chi connectivity index (χ2n) is 4.58. The van der Waals surface area contributed by atoms with Crippen LogP contribution in [0.1, 0.15) is 18.9 Å². The second kappa shape index (κ2) is 4.99. The fourth-order valence-electron chi connectivity index (χ4n) is 2.44. The van der Waals surface area contributed by atoms with Crippen LogP contribution in [0.3, 0.4) is 0 Å². The molecular formula is C13H16BrNO3. The van der Waals surface area contributed by atoms with E-state index in [4.69, 9.17) is 0 Å². The van der Waals surface area contributed by atoms with Crippen molar-refractivity contribution in [1.29, 1.82) is 0 Å². The summed E-state index contributed by atoms with van der Waals surface area (Å²) in [5.74, 6) is -0.357. The van der Waals surface area contributed by atoms with Crippen molar-refractivity contribution >= 4 is 27.5 Å². The van der Waals surface area contributed by atoms with Crippen LogP contribution in [-0.4, -0.2) is 34.1 Å². The summed E-state index contributed by atoms with van der Waals surface area (Å²) in [6.45, 7) is 2.07. The summed E-state index contributed by atoms with van der Waals surface area (Å²) in [6, 6.07) is 7.18. The molecule has 18 heavy (non-hydrogen) atoms. The Kier molecular flexibility index (Phi) is 3.75. The molecular weight excluding hydrogens is 298 g/mol. The Bertz CT molecular complexity index is 463. The van der Waals surface area contributed by atoms with Crippen LogP contribution in [0.2, 0.25) is 0 Å². The third kappa shape index (κ3) is 2.06. The summed E-state index contributed by atoms with van der Waals surface area (Å²) < 4.78 is 0. The third-order valence-corrected chi connectivity index (χ3v) is 3.49. The van der Waals surface area contributed by atoms with Crippen molar-refractivity contribution in [1.82, 2.24) is 0 Å². The average Bonchev–Trinajstić information content (AvgIpc) is 2.52. The van der Waals surface area contributed by atoms with Crippen molar-refractivity contribution in [2.45, 2.75) is 25.0 Å². The van der Waals surface area contributed by atoms with E-state index in [9.17, 15) is 15.0 Å². The van der Waals surface area contributed by atoms with E-state index in [1.807, 2.05) is 12.1 Å². The first-order valence-corrected chi connectivity index (χ1v) is 7.00. The number of fused-ring (bicyclic) bond motifs is 1. The zero-order chi connectivity index (χ0) is 13.3. The highest BCUT2D eigenvalue weighted by Gasteiger charge is 2.49. The molecule has 0 unspecified atom stereocenters. The maximum atomic E-state index is 12.4. The fraction of sp³-hybridized carbons (Fsp3) is 0.462. The van der Waals surface area contributed by atoms with Gasteiger partial charge < -0.3 is 15.1 Å². The van der Waals surface area contributed by atoms with Crippen molar-refractivity contribution < 1.29 is 15.0 Å². The van der Waals surface area contributed by atoms with Gasteiger partial charge in [0.25, 0.3) is 5.91 Å². The molecule has 1 heterocycles. The minimum absolute atomic E-state index is 0.0155. The molecule has 4 nitrogen and oxygen atoms in total. The SMILES string of the molecule is C[C@H](O)C[C@]1(O)C(=O)N(CCBr)c2ccccc21. The first kappa shape index (κ1) is 13.5. The van der Waals surface area contributed by atoms with Crippen molar-refractivity contribution in [2.75, 3.05) is 16.8 Å². The summed E-state index contributed by atoms with van der Waals surface area (Å²) >= 11 is 3.30. The van der Waals surface area contributed by atoms with Crippen molar-refractivity contribution in [3.8, 4) is 0 Å². The highest BCUT2D eigenvalue weighted by molar-refractivity contribution is 9.09. The van der Waals surface area contributed by atoms with Crippen LogP contribution in [0.5, 0.6) is 0 Å². The number of aliphatic hydroxyl groups is 2. The maximum Gasteiger partial charge on any atom is 0.263 e. The predicted molar refractivity (Wildman–Crippen MR) is 72.8 cm³/mol.